The van der Waals surface area contributed by atoms with Crippen molar-refractivity contribution in [1.29, 1.82) is 0 Å². The van der Waals surface area contributed by atoms with Gasteiger partial charge in [-0.2, -0.15) is 0 Å². The number of nitrogens with two attached hydrogens (primary N) is 1. The summed E-state index contributed by atoms with van der Waals surface area (Å²) in [7, 11) is 0. The van der Waals surface area contributed by atoms with Crippen molar-refractivity contribution in [1.82, 2.24) is 15.0 Å². The minimum atomic E-state index is 0.0886. The molecule has 2 rings (SSSR count). The van der Waals surface area contributed by atoms with Crippen molar-refractivity contribution >= 4 is 17.2 Å². The predicted octanol–water partition coefficient (Wildman–Crippen LogP) is 2.40. The van der Waals surface area contributed by atoms with Crippen LogP contribution in [0, 0.1) is 0 Å². The molecule has 2 aromatic heterocycles. The molecule has 0 saturated carbocycles. The van der Waals surface area contributed by atoms with E-state index in [0.717, 1.165) is 16.5 Å². The summed E-state index contributed by atoms with van der Waals surface area (Å²) in [6.45, 7) is 6.47. The van der Waals surface area contributed by atoms with Gasteiger partial charge in [0.05, 0.1) is 12.1 Å². The summed E-state index contributed by atoms with van der Waals surface area (Å²) in [5.74, 6) is 1.22. The molecule has 0 aliphatic carbocycles. The summed E-state index contributed by atoms with van der Waals surface area (Å²) in [5.41, 5.74) is 6.82. The van der Waals surface area contributed by atoms with Gasteiger partial charge in [0.15, 0.2) is 0 Å². The normalized spacial score (nSPS) is 11.7. The first-order valence-electron chi connectivity index (χ1n) is 5.47. The van der Waals surface area contributed by atoms with Crippen LogP contribution in [0.4, 0.5) is 5.82 Å². The topological polar surface area (TPSA) is 64.7 Å². The van der Waals surface area contributed by atoms with Crippen molar-refractivity contribution in [2.75, 3.05) is 5.73 Å². The number of nitrogens with zero attached hydrogens (tertiary/aromatic N) is 3. The van der Waals surface area contributed by atoms with E-state index < -0.39 is 0 Å². The highest BCUT2D eigenvalue weighted by Gasteiger charge is 2.17. The Bertz CT molecular complexity index is 513. The predicted molar refractivity (Wildman–Crippen MR) is 70.1 cm³/mol. The summed E-state index contributed by atoms with van der Waals surface area (Å²) in [4.78, 5) is 13.0. The molecule has 0 fully saturated rings. The Hall–Kier alpha value is -1.49. The maximum atomic E-state index is 5.62. The van der Waals surface area contributed by atoms with Gasteiger partial charge in [-0.3, -0.25) is 0 Å². The molecular formula is C12H16N4S. The SMILES string of the molecule is CC(C)(C)c1csc(Cc2nccc(N)n2)n1. The van der Waals surface area contributed by atoms with E-state index in [0.29, 0.717) is 12.2 Å². The number of aromatic nitrogens is 3. The summed E-state index contributed by atoms with van der Waals surface area (Å²) in [6.07, 6.45) is 2.32. The van der Waals surface area contributed by atoms with E-state index in [4.69, 9.17) is 5.73 Å². The van der Waals surface area contributed by atoms with E-state index >= 15 is 0 Å². The van der Waals surface area contributed by atoms with Gasteiger partial charge in [-0.25, -0.2) is 15.0 Å². The minimum Gasteiger partial charge on any atom is -0.384 e. The molecular weight excluding hydrogens is 232 g/mol. The lowest BCUT2D eigenvalue weighted by Crippen LogP contribution is -2.11. The fourth-order valence-electron chi connectivity index (χ4n) is 1.37. The van der Waals surface area contributed by atoms with Crippen LogP contribution in [0.25, 0.3) is 0 Å². The zero-order valence-electron chi connectivity index (χ0n) is 10.3. The lowest BCUT2D eigenvalue weighted by atomic mass is 9.93. The molecule has 4 nitrogen and oxygen atoms in total. The molecule has 0 saturated heterocycles. The largest absolute Gasteiger partial charge is 0.384 e. The van der Waals surface area contributed by atoms with E-state index in [-0.39, 0.29) is 5.41 Å². The number of nitrogen functional groups attached to an aromatic ring is 1. The van der Waals surface area contributed by atoms with Gasteiger partial charge in [0, 0.05) is 17.0 Å². The minimum absolute atomic E-state index is 0.0886. The molecule has 0 aromatic carbocycles. The third-order valence-corrected chi connectivity index (χ3v) is 3.21. The Morgan fingerprint density at radius 3 is 2.65 bits per heavy atom. The molecule has 0 amide bonds. The van der Waals surface area contributed by atoms with E-state index in [1.54, 1.807) is 23.6 Å². The van der Waals surface area contributed by atoms with Crippen LogP contribution in [-0.2, 0) is 11.8 Å². The Balaban J connectivity index is 2.17. The second-order valence-electron chi connectivity index (χ2n) is 4.95. The Kier molecular flexibility index (Phi) is 3.11. The standard InChI is InChI=1S/C12H16N4S/c1-12(2,3)8-7-17-11(15-8)6-10-14-5-4-9(13)16-10/h4-5,7H,6H2,1-3H3,(H2,13,14,16). The first-order chi connectivity index (χ1) is 7.95. The zero-order valence-corrected chi connectivity index (χ0v) is 11.1. The van der Waals surface area contributed by atoms with Gasteiger partial charge in [0.2, 0.25) is 0 Å². The molecule has 2 N–H and O–H groups in total. The fourth-order valence-corrected chi connectivity index (χ4v) is 2.39. The van der Waals surface area contributed by atoms with E-state index in [1.165, 1.54) is 0 Å². The van der Waals surface area contributed by atoms with Gasteiger partial charge in [0.1, 0.15) is 16.6 Å². The molecule has 2 aromatic rings. The molecule has 5 heteroatoms. The number of anilines is 1. The summed E-state index contributed by atoms with van der Waals surface area (Å²) < 4.78 is 0. The highest BCUT2D eigenvalue weighted by molar-refractivity contribution is 7.09. The van der Waals surface area contributed by atoms with Crippen LogP contribution in [-0.4, -0.2) is 15.0 Å². The monoisotopic (exact) mass is 248 g/mol. The first-order valence-corrected chi connectivity index (χ1v) is 6.35. The van der Waals surface area contributed by atoms with Gasteiger partial charge < -0.3 is 5.73 Å². The van der Waals surface area contributed by atoms with Crippen molar-refractivity contribution < 1.29 is 0 Å². The smallest absolute Gasteiger partial charge is 0.137 e. The summed E-state index contributed by atoms with van der Waals surface area (Å²) >= 11 is 1.65. The molecule has 0 unspecified atom stereocenters. The quantitative estimate of drug-likeness (QED) is 0.886. The zero-order chi connectivity index (χ0) is 12.5. The molecule has 0 aliphatic rings. The van der Waals surface area contributed by atoms with Crippen molar-refractivity contribution in [3.63, 3.8) is 0 Å². The third-order valence-electron chi connectivity index (χ3n) is 2.36. The van der Waals surface area contributed by atoms with Gasteiger partial charge in [-0.05, 0) is 6.07 Å². The number of thiazole rings is 1. The van der Waals surface area contributed by atoms with Gasteiger partial charge >= 0.3 is 0 Å². The molecule has 2 heterocycles. The van der Waals surface area contributed by atoms with Crippen molar-refractivity contribution in [3.8, 4) is 0 Å². The van der Waals surface area contributed by atoms with Crippen molar-refractivity contribution in [2.45, 2.75) is 32.6 Å². The molecule has 0 bridgehead atoms. The molecule has 0 spiro atoms. The Morgan fingerprint density at radius 2 is 2.06 bits per heavy atom. The summed E-state index contributed by atoms with van der Waals surface area (Å²) in [6, 6.07) is 1.69. The second-order valence-corrected chi connectivity index (χ2v) is 5.89. The number of hydrogen-bond acceptors (Lipinski definition) is 5. The highest BCUT2D eigenvalue weighted by atomic mass is 32.1. The van der Waals surface area contributed by atoms with Crippen molar-refractivity contribution in [3.05, 3.63) is 34.2 Å². The van der Waals surface area contributed by atoms with Crippen LogP contribution in [0.5, 0.6) is 0 Å². The molecule has 0 radical (unpaired) electrons. The van der Waals surface area contributed by atoms with Crippen LogP contribution in [0.15, 0.2) is 17.6 Å². The van der Waals surface area contributed by atoms with Gasteiger partial charge in [-0.15, -0.1) is 11.3 Å². The van der Waals surface area contributed by atoms with Gasteiger partial charge in [0.25, 0.3) is 0 Å². The average Bonchev–Trinajstić information content (AvgIpc) is 2.65. The summed E-state index contributed by atoms with van der Waals surface area (Å²) in [5, 5.41) is 3.13. The number of hydrogen-bond donors (Lipinski definition) is 1. The Labute approximate surface area is 105 Å². The van der Waals surface area contributed by atoms with Crippen LogP contribution in [0.3, 0.4) is 0 Å². The van der Waals surface area contributed by atoms with Crippen LogP contribution in [0.1, 0.15) is 37.3 Å². The highest BCUT2D eigenvalue weighted by Crippen LogP contribution is 2.24. The Morgan fingerprint density at radius 1 is 1.29 bits per heavy atom. The number of rotatable bonds is 2. The molecule has 0 atom stereocenters. The molecule has 0 aliphatic heterocycles. The average molecular weight is 248 g/mol. The van der Waals surface area contributed by atoms with Crippen LogP contribution in [0.2, 0.25) is 0 Å². The van der Waals surface area contributed by atoms with E-state index in [1.807, 2.05) is 0 Å². The van der Waals surface area contributed by atoms with Crippen LogP contribution < -0.4 is 5.73 Å². The maximum absolute atomic E-state index is 5.62. The second kappa shape index (κ2) is 4.41. The molecule has 17 heavy (non-hydrogen) atoms. The van der Waals surface area contributed by atoms with Crippen LogP contribution >= 0.6 is 11.3 Å². The first kappa shape index (κ1) is 12.0. The van der Waals surface area contributed by atoms with Crippen molar-refractivity contribution in [2.24, 2.45) is 0 Å². The molecule has 90 valence electrons. The third kappa shape index (κ3) is 3.00. The fraction of sp³-hybridized carbons (Fsp3) is 0.417. The van der Waals surface area contributed by atoms with E-state index in [2.05, 4.69) is 41.1 Å². The lowest BCUT2D eigenvalue weighted by Gasteiger charge is -2.14. The van der Waals surface area contributed by atoms with Gasteiger partial charge in [-0.1, -0.05) is 20.8 Å². The maximum Gasteiger partial charge on any atom is 0.137 e. The lowest BCUT2D eigenvalue weighted by molar-refractivity contribution is 0.571. The van der Waals surface area contributed by atoms with E-state index in [9.17, 15) is 0 Å².